The quantitative estimate of drug-likeness (QED) is 0.882. The van der Waals surface area contributed by atoms with Crippen molar-refractivity contribution in [3.8, 4) is 0 Å². The molecule has 23 heavy (non-hydrogen) atoms. The van der Waals surface area contributed by atoms with Gasteiger partial charge in [-0.05, 0) is 25.7 Å². The Balaban J connectivity index is 1.56. The lowest BCUT2D eigenvalue weighted by atomic mass is 9.76. The number of aliphatic hydroxyl groups is 2. The minimum absolute atomic E-state index is 0.233. The van der Waals surface area contributed by atoms with E-state index in [1.807, 2.05) is 0 Å². The molecule has 2 atom stereocenters. The Morgan fingerprint density at radius 3 is 2.70 bits per heavy atom. The van der Waals surface area contributed by atoms with Crippen LogP contribution in [0.4, 0.5) is 0 Å². The Labute approximate surface area is 142 Å². The third kappa shape index (κ3) is 3.77. The van der Waals surface area contributed by atoms with Crippen LogP contribution in [-0.4, -0.2) is 57.1 Å². The summed E-state index contributed by atoms with van der Waals surface area (Å²) in [6.07, 6.45) is 1.54. The van der Waals surface area contributed by atoms with Crippen molar-refractivity contribution in [1.29, 1.82) is 0 Å². The molecule has 0 bridgehead atoms. The van der Waals surface area contributed by atoms with E-state index in [1.165, 1.54) is 10.7 Å². The lowest BCUT2D eigenvalue weighted by Gasteiger charge is -2.49. The lowest BCUT2D eigenvalue weighted by Crippen LogP contribution is -2.59. The second-order valence-electron chi connectivity index (χ2n) is 7.64. The van der Waals surface area contributed by atoms with E-state index in [4.69, 9.17) is 9.72 Å². The molecule has 0 unspecified atom stereocenters. The molecule has 130 valence electrons. The first kappa shape index (κ1) is 17.3. The first-order valence-electron chi connectivity index (χ1n) is 8.51. The molecular weight excluding hydrogens is 312 g/mol. The first-order valence-corrected chi connectivity index (χ1v) is 9.39. The second kappa shape index (κ2) is 6.41. The maximum atomic E-state index is 10.4. The molecule has 0 saturated carbocycles. The van der Waals surface area contributed by atoms with E-state index in [-0.39, 0.29) is 12.2 Å². The van der Waals surface area contributed by atoms with Gasteiger partial charge in [-0.3, -0.25) is 4.90 Å². The van der Waals surface area contributed by atoms with Crippen molar-refractivity contribution in [3.63, 3.8) is 0 Å². The van der Waals surface area contributed by atoms with Crippen LogP contribution in [0, 0.1) is 0 Å². The Morgan fingerprint density at radius 2 is 2.13 bits per heavy atom. The predicted molar refractivity (Wildman–Crippen MR) is 90.6 cm³/mol. The van der Waals surface area contributed by atoms with Crippen LogP contribution in [0.3, 0.4) is 0 Å². The highest BCUT2D eigenvalue weighted by Crippen LogP contribution is 2.39. The number of nitrogens with zero attached hydrogens (tertiary/aromatic N) is 2. The van der Waals surface area contributed by atoms with Gasteiger partial charge < -0.3 is 14.9 Å². The highest BCUT2D eigenvalue weighted by atomic mass is 32.1. The van der Waals surface area contributed by atoms with Gasteiger partial charge >= 0.3 is 0 Å². The van der Waals surface area contributed by atoms with Crippen molar-refractivity contribution in [2.24, 2.45) is 0 Å². The van der Waals surface area contributed by atoms with Crippen molar-refractivity contribution in [1.82, 2.24) is 9.88 Å². The van der Waals surface area contributed by atoms with Gasteiger partial charge in [0.25, 0.3) is 0 Å². The van der Waals surface area contributed by atoms with Gasteiger partial charge in [0.05, 0.1) is 30.0 Å². The molecule has 2 aliphatic heterocycles. The summed E-state index contributed by atoms with van der Waals surface area (Å²) in [5.41, 5.74) is -0.133. The van der Waals surface area contributed by atoms with Crippen LogP contribution in [0.5, 0.6) is 0 Å². The normalized spacial score (nSPS) is 31.8. The fourth-order valence-electron chi connectivity index (χ4n) is 3.55. The molecule has 6 heteroatoms. The summed E-state index contributed by atoms with van der Waals surface area (Å²) in [6, 6.07) is 0. The molecule has 1 aromatic heterocycles. The smallest absolute Gasteiger partial charge is 0.107 e. The fraction of sp³-hybridized carbons (Fsp3) is 0.824. The SMILES string of the molecule is CC(C)c1csc(CN2CCC3(CC2)C[C@](C)(O)[C@@H](O)CO3)n1. The number of thiazole rings is 1. The van der Waals surface area contributed by atoms with Gasteiger partial charge in [-0.2, -0.15) is 0 Å². The summed E-state index contributed by atoms with van der Waals surface area (Å²) < 4.78 is 5.94. The molecule has 0 aliphatic carbocycles. The minimum Gasteiger partial charge on any atom is -0.388 e. The molecule has 0 amide bonds. The van der Waals surface area contributed by atoms with Gasteiger partial charge in [-0.15, -0.1) is 11.3 Å². The molecule has 2 saturated heterocycles. The zero-order valence-electron chi connectivity index (χ0n) is 14.3. The number of hydrogen-bond donors (Lipinski definition) is 2. The van der Waals surface area contributed by atoms with E-state index in [2.05, 4.69) is 24.1 Å². The summed E-state index contributed by atoms with van der Waals surface area (Å²) in [7, 11) is 0. The first-order chi connectivity index (χ1) is 10.8. The van der Waals surface area contributed by atoms with Crippen molar-refractivity contribution < 1.29 is 14.9 Å². The molecule has 0 aromatic carbocycles. The van der Waals surface area contributed by atoms with Crippen LogP contribution in [0.1, 0.15) is 56.7 Å². The maximum Gasteiger partial charge on any atom is 0.107 e. The van der Waals surface area contributed by atoms with E-state index in [1.54, 1.807) is 18.3 Å². The number of likely N-dealkylation sites (tertiary alicyclic amines) is 1. The van der Waals surface area contributed by atoms with Gasteiger partial charge in [0.1, 0.15) is 11.1 Å². The zero-order valence-corrected chi connectivity index (χ0v) is 15.1. The van der Waals surface area contributed by atoms with E-state index in [0.29, 0.717) is 12.3 Å². The highest BCUT2D eigenvalue weighted by molar-refractivity contribution is 7.09. The average Bonchev–Trinajstić information content (AvgIpc) is 2.95. The molecule has 1 aromatic rings. The molecule has 3 rings (SSSR count). The van der Waals surface area contributed by atoms with Crippen LogP contribution in [0.2, 0.25) is 0 Å². The molecule has 2 N–H and O–H groups in total. The minimum atomic E-state index is -1.04. The van der Waals surface area contributed by atoms with Gasteiger partial charge in [0.15, 0.2) is 0 Å². The largest absolute Gasteiger partial charge is 0.388 e. The molecule has 5 nitrogen and oxygen atoms in total. The van der Waals surface area contributed by atoms with Gasteiger partial charge in [0, 0.05) is 24.9 Å². The number of aliphatic hydroxyl groups excluding tert-OH is 1. The highest BCUT2D eigenvalue weighted by Gasteiger charge is 2.48. The van der Waals surface area contributed by atoms with Crippen molar-refractivity contribution in [2.75, 3.05) is 19.7 Å². The predicted octanol–water partition coefficient (Wildman–Crippen LogP) is 2.13. The van der Waals surface area contributed by atoms with E-state index >= 15 is 0 Å². The van der Waals surface area contributed by atoms with Crippen LogP contribution in [0.25, 0.3) is 0 Å². The standard InChI is InChI=1S/C17H28N2O3S/c1-12(2)13-10-23-15(18-13)8-19-6-4-17(5-7-19)11-16(3,21)14(20)9-22-17/h10,12,14,20-21H,4-9,11H2,1-3H3/t14-,16-/m0/s1. The van der Waals surface area contributed by atoms with Crippen LogP contribution in [0.15, 0.2) is 5.38 Å². The van der Waals surface area contributed by atoms with E-state index in [9.17, 15) is 10.2 Å². The van der Waals surface area contributed by atoms with Crippen molar-refractivity contribution in [2.45, 2.75) is 69.8 Å². The zero-order chi connectivity index (χ0) is 16.7. The van der Waals surface area contributed by atoms with Crippen LogP contribution >= 0.6 is 11.3 Å². The summed E-state index contributed by atoms with van der Waals surface area (Å²) in [6.45, 7) is 9.08. The van der Waals surface area contributed by atoms with Crippen LogP contribution in [-0.2, 0) is 11.3 Å². The fourth-order valence-corrected chi connectivity index (χ4v) is 4.55. The Kier molecular flexibility index (Phi) is 4.82. The number of aromatic nitrogens is 1. The van der Waals surface area contributed by atoms with Gasteiger partial charge in [0.2, 0.25) is 0 Å². The van der Waals surface area contributed by atoms with Crippen molar-refractivity contribution in [3.05, 3.63) is 16.1 Å². The van der Waals surface area contributed by atoms with Gasteiger partial charge in [-0.1, -0.05) is 13.8 Å². The number of ether oxygens (including phenoxy) is 1. The number of piperidine rings is 1. The summed E-state index contributed by atoms with van der Waals surface area (Å²) in [4.78, 5) is 7.13. The molecular formula is C17H28N2O3S. The van der Waals surface area contributed by atoms with Gasteiger partial charge in [-0.25, -0.2) is 4.98 Å². The third-order valence-corrected chi connectivity index (χ3v) is 6.08. The third-order valence-electron chi connectivity index (χ3n) is 5.23. The van der Waals surface area contributed by atoms with E-state index in [0.717, 1.165) is 32.5 Å². The Hall–Kier alpha value is -0.530. The average molecular weight is 340 g/mol. The van der Waals surface area contributed by atoms with E-state index < -0.39 is 11.7 Å². The summed E-state index contributed by atoms with van der Waals surface area (Å²) in [5, 5.41) is 23.6. The molecule has 0 radical (unpaired) electrons. The van der Waals surface area contributed by atoms with Crippen LogP contribution < -0.4 is 0 Å². The molecule has 1 spiro atoms. The Morgan fingerprint density at radius 1 is 1.43 bits per heavy atom. The topological polar surface area (TPSA) is 65.8 Å². The monoisotopic (exact) mass is 340 g/mol. The van der Waals surface area contributed by atoms with Crippen molar-refractivity contribution >= 4 is 11.3 Å². The Bertz CT molecular complexity index is 536. The molecule has 3 heterocycles. The number of hydrogen-bond acceptors (Lipinski definition) is 6. The lowest BCUT2D eigenvalue weighted by molar-refractivity contribution is -0.223. The second-order valence-corrected chi connectivity index (χ2v) is 8.58. The number of rotatable bonds is 3. The molecule has 2 fully saturated rings. The maximum absolute atomic E-state index is 10.4. The molecule has 2 aliphatic rings. The summed E-state index contributed by atoms with van der Waals surface area (Å²) >= 11 is 1.74. The summed E-state index contributed by atoms with van der Waals surface area (Å²) in [5.74, 6) is 0.480.